The van der Waals surface area contributed by atoms with Crippen LogP contribution in [0.25, 0.3) is 0 Å². The van der Waals surface area contributed by atoms with Gasteiger partial charge in [-0.2, -0.15) is 0 Å². The Morgan fingerprint density at radius 1 is 1.25 bits per heavy atom. The number of thiophene rings is 1. The topological polar surface area (TPSA) is 38.9 Å². The summed E-state index contributed by atoms with van der Waals surface area (Å²) in [4.78, 5) is 19.9. The maximum Gasteiger partial charge on any atom is 0.264 e. The Morgan fingerprint density at radius 2 is 2.10 bits per heavy atom. The second kappa shape index (κ2) is 6.15. The minimum absolute atomic E-state index is 0.185. The van der Waals surface area contributed by atoms with Gasteiger partial charge in [-0.25, -0.2) is 4.98 Å². The minimum Gasteiger partial charge on any atom is -0.327 e. The number of carbonyl (C=O) groups is 1. The highest BCUT2D eigenvalue weighted by Gasteiger charge is 2.25. The molecule has 0 radical (unpaired) electrons. The second-order valence-electron chi connectivity index (χ2n) is 5.08. The molecule has 2 N–H and O–H groups in total. The summed E-state index contributed by atoms with van der Waals surface area (Å²) < 4.78 is 0. The van der Waals surface area contributed by atoms with Crippen LogP contribution in [0, 0.1) is 0 Å². The van der Waals surface area contributed by atoms with E-state index in [0.29, 0.717) is 0 Å². The van der Waals surface area contributed by atoms with E-state index >= 15 is 0 Å². The van der Waals surface area contributed by atoms with Crippen LogP contribution in [0.4, 0.5) is 0 Å². The fourth-order valence-electron chi connectivity index (χ4n) is 2.57. The number of aromatic nitrogens is 1. The van der Waals surface area contributed by atoms with Crippen molar-refractivity contribution in [3.63, 3.8) is 0 Å². The number of pyridine rings is 1. The minimum atomic E-state index is 0.185. The van der Waals surface area contributed by atoms with Crippen molar-refractivity contribution in [1.82, 2.24) is 4.90 Å². The van der Waals surface area contributed by atoms with Crippen molar-refractivity contribution in [2.45, 2.75) is 6.54 Å². The molecule has 0 atom stereocenters. The van der Waals surface area contributed by atoms with Crippen molar-refractivity contribution in [3.8, 4) is 0 Å². The molecule has 3 rings (SSSR count). The third kappa shape index (κ3) is 3.05. The van der Waals surface area contributed by atoms with E-state index < -0.39 is 0 Å². The van der Waals surface area contributed by atoms with Crippen LogP contribution in [0.1, 0.15) is 15.4 Å². The van der Waals surface area contributed by atoms with Gasteiger partial charge in [0.1, 0.15) is 0 Å². The predicted molar refractivity (Wildman–Crippen MR) is 77.6 cm³/mol. The molecule has 1 aliphatic rings. The molecule has 5 heteroatoms. The van der Waals surface area contributed by atoms with Crippen LogP contribution in [0.5, 0.6) is 0 Å². The van der Waals surface area contributed by atoms with E-state index in [1.165, 1.54) is 21.9 Å². The Balaban J connectivity index is 1.53. The number of quaternary nitrogens is 1. The molecule has 2 aromatic rings. The molecule has 1 saturated heterocycles. The highest BCUT2D eigenvalue weighted by Crippen LogP contribution is 2.11. The monoisotopic (exact) mass is 289 g/mol. The molecule has 0 aliphatic carbocycles. The molecule has 20 heavy (non-hydrogen) atoms. The Bertz CT molecular complexity index is 548. The van der Waals surface area contributed by atoms with Crippen molar-refractivity contribution in [3.05, 3.63) is 52.5 Å². The largest absolute Gasteiger partial charge is 0.327 e. The number of aromatic amines is 1. The van der Waals surface area contributed by atoms with E-state index in [-0.39, 0.29) is 5.91 Å². The molecular formula is C15H19N3OS+2. The summed E-state index contributed by atoms with van der Waals surface area (Å²) in [5, 5.41) is 1.96. The molecule has 0 unspecified atom stereocenters. The van der Waals surface area contributed by atoms with Gasteiger partial charge in [-0.05, 0) is 17.5 Å². The second-order valence-corrected chi connectivity index (χ2v) is 6.03. The van der Waals surface area contributed by atoms with Gasteiger partial charge in [-0.1, -0.05) is 6.07 Å². The van der Waals surface area contributed by atoms with Crippen molar-refractivity contribution < 1.29 is 14.7 Å². The van der Waals surface area contributed by atoms with Crippen LogP contribution in [0.15, 0.2) is 41.9 Å². The van der Waals surface area contributed by atoms with E-state index in [1.54, 1.807) is 0 Å². The van der Waals surface area contributed by atoms with Gasteiger partial charge in [0.05, 0.1) is 31.1 Å². The summed E-state index contributed by atoms with van der Waals surface area (Å²) in [7, 11) is 0. The smallest absolute Gasteiger partial charge is 0.264 e. The molecule has 3 heterocycles. The zero-order valence-corrected chi connectivity index (χ0v) is 12.2. The molecule has 0 bridgehead atoms. The number of rotatable bonds is 3. The normalized spacial score (nSPS) is 16.3. The van der Waals surface area contributed by atoms with Crippen LogP contribution in [0.2, 0.25) is 0 Å². The fourth-order valence-corrected chi connectivity index (χ4v) is 3.26. The molecule has 0 saturated carbocycles. The van der Waals surface area contributed by atoms with Crippen molar-refractivity contribution in [2.75, 3.05) is 26.2 Å². The lowest BCUT2D eigenvalue weighted by Gasteiger charge is -2.31. The lowest BCUT2D eigenvalue weighted by molar-refractivity contribution is -0.921. The maximum atomic E-state index is 12.2. The van der Waals surface area contributed by atoms with Gasteiger partial charge in [0.25, 0.3) is 5.91 Å². The number of nitrogens with zero attached hydrogens (tertiary/aromatic N) is 1. The number of piperazine rings is 1. The Hall–Kier alpha value is -1.72. The summed E-state index contributed by atoms with van der Waals surface area (Å²) in [6, 6.07) is 10.0. The molecule has 2 aromatic heterocycles. The molecule has 0 spiro atoms. The van der Waals surface area contributed by atoms with Crippen molar-refractivity contribution in [1.29, 1.82) is 0 Å². The van der Waals surface area contributed by atoms with E-state index in [9.17, 15) is 4.79 Å². The van der Waals surface area contributed by atoms with Gasteiger partial charge in [0.15, 0.2) is 12.7 Å². The third-order valence-electron chi connectivity index (χ3n) is 3.70. The van der Waals surface area contributed by atoms with E-state index in [1.807, 2.05) is 34.7 Å². The standard InChI is InChI=1S/C15H17N3OS/c19-15(14-5-3-11-20-14)18-9-7-17(8-10-18)12-13-4-1-2-6-16-13/h1-6,11H,7-10,12H2/p+2. The first-order valence-electron chi connectivity index (χ1n) is 6.95. The number of H-pyrrole nitrogens is 1. The molecule has 1 aliphatic heterocycles. The molecule has 1 fully saturated rings. The summed E-state index contributed by atoms with van der Waals surface area (Å²) in [5.74, 6) is 0.185. The lowest BCUT2D eigenvalue weighted by atomic mass is 10.2. The van der Waals surface area contributed by atoms with Crippen LogP contribution >= 0.6 is 11.3 Å². The summed E-state index contributed by atoms with van der Waals surface area (Å²) in [6.07, 6.45) is 1.96. The average Bonchev–Trinajstić information content (AvgIpc) is 3.03. The van der Waals surface area contributed by atoms with E-state index in [4.69, 9.17) is 0 Å². The Kier molecular flexibility index (Phi) is 4.08. The van der Waals surface area contributed by atoms with Gasteiger partial charge in [-0.3, -0.25) is 4.79 Å². The molecular weight excluding hydrogens is 270 g/mol. The van der Waals surface area contributed by atoms with Gasteiger partial charge < -0.3 is 9.80 Å². The van der Waals surface area contributed by atoms with Crippen molar-refractivity contribution in [2.24, 2.45) is 0 Å². The number of amides is 1. The van der Waals surface area contributed by atoms with Gasteiger partial charge in [0, 0.05) is 12.1 Å². The summed E-state index contributed by atoms with van der Waals surface area (Å²) in [5.41, 5.74) is 1.25. The third-order valence-corrected chi connectivity index (χ3v) is 4.56. The molecule has 4 nitrogen and oxygen atoms in total. The number of hydrogen-bond acceptors (Lipinski definition) is 2. The zero-order valence-electron chi connectivity index (χ0n) is 11.3. The molecule has 1 amide bonds. The quantitative estimate of drug-likeness (QED) is 0.855. The molecule has 0 aromatic carbocycles. The highest BCUT2D eigenvalue weighted by molar-refractivity contribution is 7.12. The Labute approximate surface area is 122 Å². The SMILES string of the molecule is O=C(c1cccs1)N1CC[NH+](Cc2cccc[nH+]2)CC1. The average molecular weight is 289 g/mol. The van der Waals surface area contributed by atoms with Crippen LogP contribution in [0.3, 0.4) is 0 Å². The van der Waals surface area contributed by atoms with Gasteiger partial charge in [-0.15, -0.1) is 11.3 Å². The van der Waals surface area contributed by atoms with Crippen LogP contribution in [-0.4, -0.2) is 37.0 Å². The summed E-state index contributed by atoms with van der Waals surface area (Å²) >= 11 is 1.53. The maximum absolute atomic E-state index is 12.2. The first-order chi connectivity index (χ1) is 9.83. The number of carbonyl (C=O) groups excluding carboxylic acids is 1. The van der Waals surface area contributed by atoms with Crippen LogP contribution < -0.4 is 9.88 Å². The predicted octanol–water partition coefficient (Wildman–Crippen LogP) is 0.103. The molecule has 104 valence electrons. The number of hydrogen-bond donors (Lipinski definition) is 1. The lowest BCUT2D eigenvalue weighted by Crippen LogP contribution is -3.13. The highest BCUT2D eigenvalue weighted by atomic mass is 32.1. The van der Waals surface area contributed by atoms with Crippen molar-refractivity contribution >= 4 is 17.2 Å². The zero-order chi connectivity index (χ0) is 13.8. The van der Waals surface area contributed by atoms with E-state index in [0.717, 1.165) is 37.6 Å². The number of nitrogens with one attached hydrogen (secondary N) is 2. The Morgan fingerprint density at radius 3 is 2.75 bits per heavy atom. The first-order valence-corrected chi connectivity index (χ1v) is 7.83. The first kappa shape index (κ1) is 13.3. The summed E-state index contributed by atoms with van der Waals surface area (Å²) in [6.45, 7) is 4.72. The fraction of sp³-hybridized carbons (Fsp3) is 0.333. The van der Waals surface area contributed by atoms with Gasteiger partial charge >= 0.3 is 0 Å². The van der Waals surface area contributed by atoms with E-state index in [2.05, 4.69) is 17.1 Å². The van der Waals surface area contributed by atoms with Crippen LogP contribution in [-0.2, 0) is 6.54 Å². The van der Waals surface area contributed by atoms with Gasteiger partial charge in [0.2, 0.25) is 5.69 Å².